The van der Waals surface area contributed by atoms with Crippen molar-refractivity contribution in [3.05, 3.63) is 93.5 Å². The van der Waals surface area contributed by atoms with Crippen molar-refractivity contribution in [2.75, 3.05) is 5.43 Å². The lowest BCUT2D eigenvalue weighted by atomic mass is 10.0. The molecule has 0 unspecified atom stereocenters. The lowest BCUT2D eigenvalue weighted by Crippen LogP contribution is -2.09. The molecule has 7 nitrogen and oxygen atoms in total. The van der Waals surface area contributed by atoms with Crippen LogP contribution in [0.4, 0.5) is 11.4 Å². The van der Waals surface area contributed by atoms with Crippen LogP contribution < -0.4 is 5.43 Å². The summed E-state index contributed by atoms with van der Waals surface area (Å²) in [5.74, 6) is -1.06. The second kappa shape index (κ2) is 6.38. The van der Waals surface area contributed by atoms with E-state index >= 15 is 0 Å². The van der Waals surface area contributed by atoms with Gasteiger partial charge >= 0.3 is 5.97 Å². The first-order valence-corrected chi connectivity index (χ1v) is 8.11. The van der Waals surface area contributed by atoms with Crippen LogP contribution in [0.1, 0.15) is 21.5 Å². The number of rotatable bonds is 4. The monoisotopic (exact) mass is 359 g/mol. The molecule has 0 saturated carbocycles. The molecular weight excluding hydrogens is 346 g/mol. The number of aromatic carboxylic acids is 1. The molecule has 7 heteroatoms. The van der Waals surface area contributed by atoms with Gasteiger partial charge in [-0.3, -0.25) is 15.5 Å². The lowest BCUT2D eigenvalue weighted by Gasteiger charge is -2.07. The molecule has 0 radical (unpaired) electrons. The second-order valence-electron chi connectivity index (χ2n) is 5.93. The van der Waals surface area contributed by atoms with E-state index in [4.69, 9.17) is 0 Å². The van der Waals surface area contributed by atoms with Gasteiger partial charge in [0.15, 0.2) is 0 Å². The van der Waals surface area contributed by atoms with Gasteiger partial charge in [-0.05, 0) is 23.3 Å². The minimum atomic E-state index is -1.06. The van der Waals surface area contributed by atoms with Crippen LogP contribution >= 0.6 is 0 Å². The van der Waals surface area contributed by atoms with E-state index in [0.29, 0.717) is 11.3 Å². The Morgan fingerprint density at radius 1 is 0.926 bits per heavy atom. The number of carboxylic acid groups (broad SMARTS) is 1. The van der Waals surface area contributed by atoms with Crippen molar-refractivity contribution < 1.29 is 14.8 Å². The maximum atomic E-state index is 11.7. The van der Waals surface area contributed by atoms with Crippen LogP contribution in [0.3, 0.4) is 0 Å². The maximum absolute atomic E-state index is 11.7. The molecule has 0 fully saturated rings. The van der Waals surface area contributed by atoms with Crippen LogP contribution in [0.5, 0.6) is 0 Å². The van der Waals surface area contributed by atoms with Crippen LogP contribution in [-0.4, -0.2) is 21.7 Å². The Morgan fingerprint density at radius 2 is 1.59 bits per heavy atom. The third-order valence-electron chi connectivity index (χ3n) is 4.39. The Labute approximate surface area is 153 Å². The van der Waals surface area contributed by atoms with Crippen molar-refractivity contribution in [2.45, 2.75) is 0 Å². The Balaban J connectivity index is 1.88. The smallest absolute Gasteiger partial charge is 0.336 e. The van der Waals surface area contributed by atoms with Gasteiger partial charge in [0.1, 0.15) is 5.69 Å². The summed E-state index contributed by atoms with van der Waals surface area (Å²) in [6, 6.07) is 18.7. The quantitative estimate of drug-likeness (QED) is 0.421. The number of hydrogen-bond acceptors (Lipinski definition) is 5. The number of nitro benzene ring substituents is 1. The molecule has 0 atom stereocenters. The van der Waals surface area contributed by atoms with Gasteiger partial charge in [0.05, 0.1) is 16.2 Å². The van der Waals surface area contributed by atoms with Crippen LogP contribution in [-0.2, 0) is 0 Å². The van der Waals surface area contributed by atoms with Crippen LogP contribution in [0.15, 0.2) is 71.8 Å². The van der Waals surface area contributed by atoms with E-state index in [9.17, 15) is 20.0 Å². The topological polar surface area (TPSA) is 105 Å². The molecular formula is C20H13N3O4. The van der Waals surface area contributed by atoms with Gasteiger partial charge < -0.3 is 5.11 Å². The molecule has 132 valence electrons. The molecule has 0 saturated heterocycles. The zero-order valence-corrected chi connectivity index (χ0v) is 13.9. The third-order valence-corrected chi connectivity index (χ3v) is 4.39. The van der Waals surface area contributed by atoms with Crippen LogP contribution in [0.2, 0.25) is 0 Å². The highest BCUT2D eigenvalue weighted by molar-refractivity contribution is 6.27. The Kier molecular flexibility index (Phi) is 3.89. The molecule has 1 aliphatic rings. The molecule has 4 rings (SSSR count). The summed E-state index contributed by atoms with van der Waals surface area (Å²) in [6.45, 7) is 0. The highest BCUT2D eigenvalue weighted by Crippen LogP contribution is 2.39. The average Bonchev–Trinajstić information content (AvgIpc) is 3.00. The molecule has 3 aromatic carbocycles. The summed E-state index contributed by atoms with van der Waals surface area (Å²) in [4.78, 5) is 22.4. The van der Waals surface area contributed by atoms with E-state index in [1.807, 2.05) is 30.3 Å². The number of carbonyl (C=O) groups is 1. The SMILES string of the molecule is O=C(O)c1cccc2c1C(=NNc1ccccc1[N+](=O)[O-])c1ccccc1-2. The van der Waals surface area contributed by atoms with Gasteiger partial charge in [-0.2, -0.15) is 5.10 Å². The van der Waals surface area contributed by atoms with Gasteiger partial charge in [0, 0.05) is 17.2 Å². The number of nitro groups is 1. The Hall–Kier alpha value is -4.00. The van der Waals surface area contributed by atoms with Crippen molar-refractivity contribution in [2.24, 2.45) is 5.10 Å². The van der Waals surface area contributed by atoms with Crippen molar-refractivity contribution in [3.63, 3.8) is 0 Å². The molecule has 0 bridgehead atoms. The summed E-state index contributed by atoms with van der Waals surface area (Å²) < 4.78 is 0. The number of para-hydroxylation sites is 2. The minimum Gasteiger partial charge on any atom is -0.478 e. The van der Waals surface area contributed by atoms with E-state index in [1.54, 1.807) is 24.3 Å². The average molecular weight is 359 g/mol. The van der Waals surface area contributed by atoms with E-state index in [0.717, 1.165) is 16.7 Å². The van der Waals surface area contributed by atoms with Gasteiger partial charge in [-0.15, -0.1) is 0 Å². The number of hydrazone groups is 1. The summed E-state index contributed by atoms with van der Waals surface area (Å²) in [6.07, 6.45) is 0. The van der Waals surface area contributed by atoms with Gasteiger partial charge in [0.2, 0.25) is 0 Å². The first kappa shape index (κ1) is 16.5. The molecule has 3 aromatic rings. The summed E-state index contributed by atoms with van der Waals surface area (Å²) in [5, 5.41) is 25.1. The summed E-state index contributed by atoms with van der Waals surface area (Å²) in [5.41, 5.74) is 6.34. The largest absolute Gasteiger partial charge is 0.478 e. The number of carboxylic acids is 1. The van der Waals surface area contributed by atoms with E-state index in [2.05, 4.69) is 10.5 Å². The summed E-state index contributed by atoms with van der Waals surface area (Å²) >= 11 is 0. The number of fused-ring (bicyclic) bond motifs is 3. The van der Waals surface area contributed by atoms with E-state index in [-0.39, 0.29) is 16.9 Å². The predicted octanol–water partition coefficient (Wildman–Crippen LogP) is 4.14. The first-order valence-electron chi connectivity index (χ1n) is 8.11. The fourth-order valence-corrected chi connectivity index (χ4v) is 3.23. The van der Waals surface area contributed by atoms with Gasteiger partial charge in [0.25, 0.3) is 5.69 Å². The lowest BCUT2D eigenvalue weighted by molar-refractivity contribution is -0.384. The predicted molar refractivity (Wildman–Crippen MR) is 101 cm³/mol. The molecule has 27 heavy (non-hydrogen) atoms. The molecule has 1 aliphatic carbocycles. The van der Waals surface area contributed by atoms with Crippen molar-refractivity contribution >= 4 is 23.1 Å². The van der Waals surface area contributed by atoms with E-state index in [1.165, 1.54) is 12.1 Å². The maximum Gasteiger partial charge on any atom is 0.336 e. The molecule has 0 heterocycles. The zero-order valence-electron chi connectivity index (χ0n) is 13.9. The number of hydrogen-bond donors (Lipinski definition) is 2. The molecule has 0 aliphatic heterocycles. The Morgan fingerprint density at radius 3 is 2.33 bits per heavy atom. The molecule has 0 amide bonds. The van der Waals surface area contributed by atoms with Crippen molar-refractivity contribution in [3.8, 4) is 11.1 Å². The standard InChI is InChI=1S/C20H13N3O4/c24-20(25)15-9-5-8-13-12-6-1-2-7-14(12)19(18(13)15)22-21-16-10-3-4-11-17(16)23(26)27/h1-11,21H,(H,24,25). The third kappa shape index (κ3) is 2.71. The summed E-state index contributed by atoms with van der Waals surface area (Å²) in [7, 11) is 0. The van der Waals surface area contributed by atoms with E-state index < -0.39 is 10.9 Å². The first-order chi connectivity index (χ1) is 13.1. The number of anilines is 1. The zero-order chi connectivity index (χ0) is 19.0. The Bertz CT molecular complexity index is 1120. The highest BCUT2D eigenvalue weighted by Gasteiger charge is 2.29. The van der Waals surface area contributed by atoms with Crippen LogP contribution in [0, 0.1) is 10.1 Å². The normalized spacial score (nSPS) is 13.1. The fraction of sp³-hybridized carbons (Fsp3) is 0. The molecule has 0 spiro atoms. The van der Waals surface area contributed by atoms with Gasteiger partial charge in [-0.1, -0.05) is 48.5 Å². The minimum absolute atomic E-state index is 0.111. The van der Waals surface area contributed by atoms with Crippen molar-refractivity contribution in [1.29, 1.82) is 0 Å². The molecule has 2 N–H and O–H groups in total. The second-order valence-corrected chi connectivity index (χ2v) is 5.93. The molecule has 0 aromatic heterocycles. The fourth-order valence-electron chi connectivity index (χ4n) is 3.23. The van der Waals surface area contributed by atoms with Gasteiger partial charge in [-0.25, -0.2) is 4.79 Å². The highest BCUT2D eigenvalue weighted by atomic mass is 16.6. The number of nitrogens with zero attached hydrogens (tertiary/aromatic N) is 2. The number of benzene rings is 3. The van der Waals surface area contributed by atoms with Crippen LogP contribution in [0.25, 0.3) is 11.1 Å². The number of nitrogens with one attached hydrogen (secondary N) is 1. The van der Waals surface area contributed by atoms with Crippen molar-refractivity contribution in [1.82, 2.24) is 0 Å².